The zero-order valence-corrected chi connectivity index (χ0v) is 8.07. The van der Waals surface area contributed by atoms with Crippen molar-refractivity contribution < 1.29 is 14.3 Å². The number of aromatic carboxylic acids is 1. The van der Waals surface area contributed by atoms with E-state index in [0.717, 1.165) is 6.20 Å². The minimum absolute atomic E-state index is 0.0343. The number of halogens is 1. The molecule has 0 fully saturated rings. The molecule has 0 bridgehead atoms. The molecule has 0 amide bonds. The maximum Gasteiger partial charge on any atom is 0.354 e. The number of fused-ring (bicyclic) bond motifs is 1. The molecule has 1 N–H and O–H groups in total. The molecular formula is C10H9FN2O2. The monoisotopic (exact) mass is 208 g/mol. The predicted molar refractivity (Wildman–Crippen MR) is 51.5 cm³/mol. The van der Waals surface area contributed by atoms with Gasteiger partial charge in [-0.1, -0.05) is 6.92 Å². The van der Waals surface area contributed by atoms with Crippen LogP contribution in [-0.2, 0) is 6.42 Å². The number of carbonyl (C=O) groups is 1. The molecule has 0 unspecified atom stereocenters. The van der Waals surface area contributed by atoms with Gasteiger partial charge in [-0.05, 0) is 18.6 Å². The second-order valence-electron chi connectivity index (χ2n) is 3.14. The van der Waals surface area contributed by atoms with E-state index in [4.69, 9.17) is 5.11 Å². The van der Waals surface area contributed by atoms with Crippen molar-refractivity contribution in [2.45, 2.75) is 13.3 Å². The molecule has 2 rings (SSSR count). The normalized spacial score (nSPS) is 10.8. The van der Waals surface area contributed by atoms with E-state index in [1.807, 2.05) is 6.92 Å². The van der Waals surface area contributed by atoms with Gasteiger partial charge in [0.15, 0.2) is 5.69 Å². The molecule has 0 aliphatic rings. The van der Waals surface area contributed by atoms with Crippen molar-refractivity contribution in [2.75, 3.05) is 0 Å². The van der Waals surface area contributed by atoms with Crippen LogP contribution in [0.25, 0.3) is 5.65 Å². The Balaban J connectivity index is 2.82. The maximum absolute atomic E-state index is 13.0. The Hall–Kier alpha value is -1.91. The molecule has 0 radical (unpaired) electrons. The first-order chi connectivity index (χ1) is 7.13. The lowest BCUT2D eigenvalue weighted by Crippen LogP contribution is -2.05. The number of imidazole rings is 1. The number of carboxylic acids is 1. The molecule has 0 saturated carbocycles. The SMILES string of the molecule is CCc1nc2ccc(F)cn2c1C(=O)O. The van der Waals surface area contributed by atoms with Gasteiger partial charge >= 0.3 is 5.97 Å². The van der Waals surface area contributed by atoms with Crippen molar-refractivity contribution in [3.63, 3.8) is 0 Å². The van der Waals surface area contributed by atoms with Crippen LogP contribution >= 0.6 is 0 Å². The summed E-state index contributed by atoms with van der Waals surface area (Å²) in [7, 11) is 0. The summed E-state index contributed by atoms with van der Waals surface area (Å²) in [4.78, 5) is 15.1. The Labute approximate surface area is 85.0 Å². The molecule has 2 aromatic heterocycles. The fourth-order valence-electron chi connectivity index (χ4n) is 1.54. The van der Waals surface area contributed by atoms with Gasteiger partial charge in [-0.2, -0.15) is 0 Å². The molecular weight excluding hydrogens is 199 g/mol. The average Bonchev–Trinajstić information content (AvgIpc) is 2.55. The molecule has 0 aromatic carbocycles. The Morgan fingerprint density at radius 3 is 2.93 bits per heavy atom. The van der Waals surface area contributed by atoms with Gasteiger partial charge in [0.25, 0.3) is 0 Å². The van der Waals surface area contributed by atoms with Crippen molar-refractivity contribution in [3.8, 4) is 0 Å². The highest BCUT2D eigenvalue weighted by Crippen LogP contribution is 2.14. The zero-order chi connectivity index (χ0) is 11.0. The molecule has 5 heteroatoms. The minimum Gasteiger partial charge on any atom is -0.477 e. The largest absolute Gasteiger partial charge is 0.477 e. The van der Waals surface area contributed by atoms with Crippen LogP contribution < -0.4 is 0 Å². The summed E-state index contributed by atoms with van der Waals surface area (Å²) in [6, 6.07) is 2.72. The van der Waals surface area contributed by atoms with E-state index < -0.39 is 11.8 Å². The second-order valence-corrected chi connectivity index (χ2v) is 3.14. The third-order valence-corrected chi connectivity index (χ3v) is 2.19. The Bertz CT molecular complexity index is 533. The summed E-state index contributed by atoms with van der Waals surface area (Å²) in [6.07, 6.45) is 1.63. The molecule has 4 nitrogen and oxygen atoms in total. The van der Waals surface area contributed by atoms with Gasteiger partial charge in [-0.3, -0.25) is 4.40 Å². The number of nitrogens with zero attached hydrogens (tertiary/aromatic N) is 2. The molecule has 2 heterocycles. The van der Waals surface area contributed by atoms with E-state index in [9.17, 15) is 9.18 Å². The number of carboxylic acid groups (broad SMARTS) is 1. The van der Waals surface area contributed by atoms with E-state index in [-0.39, 0.29) is 5.69 Å². The third-order valence-electron chi connectivity index (χ3n) is 2.19. The molecule has 2 aromatic rings. The van der Waals surface area contributed by atoms with E-state index in [2.05, 4.69) is 4.98 Å². The van der Waals surface area contributed by atoms with Gasteiger partial charge in [0.05, 0.1) is 5.69 Å². The fraction of sp³-hybridized carbons (Fsp3) is 0.200. The molecule has 0 aliphatic heterocycles. The van der Waals surface area contributed by atoms with Crippen LogP contribution in [-0.4, -0.2) is 20.5 Å². The lowest BCUT2D eigenvalue weighted by atomic mass is 10.2. The van der Waals surface area contributed by atoms with Crippen LogP contribution in [0.15, 0.2) is 18.3 Å². The molecule has 0 aliphatic carbocycles. The van der Waals surface area contributed by atoms with E-state index in [1.54, 1.807) is 0 Å². The molecule has 15 heavy (non-hydrogen) atoms. The summed E-state index contributed by atoms with van der Waals surface area (Å²) in [5.74, 6) is -1.57. The molecule has 0 saturated heterocycles. The van der Waals surface area contributed by atoms with Crippen molar-refractivity contribution in [1.29, 1.82) is 0 Å². The number of aryl methyl sites for hydroxylation is 1. The predicted octanol–water partition coefficient (Wildman–Crippen LogP) is 1.73. The summed E-state index contributed by atoms with van der Waals surface area (Å²) < 4.78 is 14.2. The highest BCUT2D eigenvalue weighted by molar-refractivity contribution is 5.88. The first-order valence-electron chi connectivity index (χ1n) is 4.53. The van der Waals surface area contributed by atoms with Crippen LogP contribution in [0.3, 0.4) is 0 Å². The number of aromatic nitrogens is 2. The molecule has 0 atom stereocenters. The van der Waals surface area contributed by atoms with Crippen LogP contribution in [0.5, 0.6) is 0 Å². The van der Waals surface area contributed by atoms with Gasteiger partial charge in [-0.25, -0.2) is 14.2 Å². The minimum atomic E-state index is -1.09. The highest BCUT2D eigenvalue weighted by atomic mass is 19.1. The van der Waals surface area contributed by atoms with E-state index >= 15 is 0 Å². The lowest BCUT2D eigenvalue weighted by molar-refractivity contribution is 0.0688. The van der Waals surface area contributed by atoms with Crippen LogP contribution in [0.2, 0.25) is 0 Å². The quantitative estimate of drug-likeness (QED) is 0.817. The first kappa shape index (κ1) is 9.64. The summed E-state index contributed by atoms with van der Waals surface area (Å²) in [5.41, 5.74) is 0.950. The van der Waals surface area contributed by atoms with Crippen molar-refractivity contribution in [1.82, 2.24) is 9.38 Å². The average molecular weight is 208 g/mol. The number of pyridine rings is 1. The fourth-order valence-corrected chi connectivity index (χ4v) is 1.54. The third kappa shape index (κ3) is 1.45. The first-order valence-corrected chi connectivity index (χ1v) is 4.53. The summed E-state index contributed by atoms with van der Waals surface area (Å²) in [5, 5.41) is 8.99. The van der Waals surface area contributed by atoms with Crippen LogP contribution in [0, 0.1) is 5.82 Å². The molecule has 0 spiro atoms. The van der Waals surface area contributed by atoms with Gasteiger partial charge in [0, 0.05) is 6.20 Å². The smallest absolute Gasteiger partial charge is 0.354 e. The topological polar surface area (TPSA) is 54.6 Å². The number of hydrogen-bond acceptors (Lipinski definition) is 2. The van der Waals surface area contributed by atoms with Crippen molar-refractivity contribution in [3.05, 3.63) is 35.5 Å². The van der Waals surface area contributed by atoms with Gasteiger partial charge < -0.3 is 5.11 Å². The standard InChI is InChI=1S/C10H9FN2O2/c1-2-7-9(10(14)15)13-5-6(11)3-4-8(13)12-7/h3-5H,2H2,1H3,(H,14,15). The van der Waals surface area contributed by atoms with Crippen LogP contribution in [0.4, 0.5) is 4.39 Å². The van der Waals surface area contributed by atoms with E-state index in [1.165, 1.54) is 16.5 Å². The summed E-state index contributed by atoms with van der Waals surface area (Å²) in [6.45, 7) is 1.81. The van der Waals surface area contributed by atoms with E-state index in [0.29, 0.717) is 17.8 Å². The van der Waals surface area contributed by atoms with Crippen molar-refractivity contribution in [2.24, 2.45) is 0 Å². The van der Waals surface area contributed by atoms with Crippen LogP contribution in [0.1, 0.15) is 23.1 Å². The number of rotatable bonds is 2. The van der Waals surface area contributed by atoms with Crippen molar-refractivity contribution >= 4 is 11.6 Å². The van der Waals surface area contributed by atoms with Gasteiger partial charge in [0.1, 0.15) is 11.5 Å². The molecule has 78 valence electrons. The highest BCUT2D eigenvalue weighted by Gasteiger charge is 2.17. The lowest BCUT2D eigenvalue weighted by Gasteiger charge is -1.97. The second kappa shape index (κ2) is 3.34. The van der Waals surface area contributed by atoms with Gasteiger partial charge in [-0.15, -0.1) is 0 Å². The number of hydrogen-bond donors (Lipinski definition) is 1. The zero-order valence-electron chi connectivity index (χ0n) is 8.07. The summed E-state index contributed by atoms with van der Waals surface area (Å²) >= 11 is 0. The van der Waals surface area contributed by atoms with Gasteiger partial charge in [0.2, 0.25) is 0 Å². The Morgan fingerprint density at radius 1 is 1.60 bits per heavy atom. The maximum atomic E-state index is 13.0. The Morgan fingerprint density at radius 2 is 2.33 bits per heavy atom. The Kier molecular flexibility index (Phi) is 2.15.